The molecule has 2 heterocycles. The zero-order valence-electron chi connectivity index (χ0n) is 14.2. The van der Waals surface area contributed by atoms with Crippen LogP contribution < -0.4 is 16.0 Å². The Morgan fingerprint density at radius 2 is 1.96 bits per heavy atom. The molecule has 0 radical (unpaired) electrons. The Morgan fingerprint density at radius 1 is 1.25 bits per heavy atom. The van der Waals surface area contributed by atoms with Crippen LogP contribution in [-0.4, -0.2) is 42.5 Å². The van der Waals surface area contributed by atoms with Gasteiger partial charge in [-0.25, -0.2) is 4.79 Å². The van der Waals surface area contributed by atoms with Crippen molar-refractivity contribution in [1.82, 2.24) is 20.9 Å². The summed E-state index contributed by atoms with van der Waals surface area (Å²) in [7, 11) is 0. The SMILES string of the molecule is CC1CCN(Cc2ccccc2CNC(=O)C2CNC(=O)N2)CC1. The number of carbonyl (C=O) groups is 2. The van der Waals surface area contributed by atoms with Crippen LogP contribution in [0.15, 0.2) is 24.3 Å². The second-order valence-electron chi connectivity index (χ2n) is 6.85. The molecule has 1 unspecified atom stereocenters. The van der Waals surface area contributed by atoms with Crippen molar-refractivity contribution < 1.29 is 9.59 Å². The molecular formula is C18H26N4O2. The molecule has 6 heteroatoms. The highest BCUT2D eigenvalue weighted by molar-refractivity contribution is 5.90. The minimum atomic E-state index is -0.478. The standard InChI is InChI=1S/C18H26N4O2/c1-13-6-8-22(9-7-13)12-15-5-3-2-4-14(15)10-19-17(23)16-11-20-18(24)21-16/h2-5,13,16H,6-12H2,1H3,(H,19,23)(H2,20,21,24). The van der Waals surface area contributed by atoms with E-state index >= 15 is 0 Å². The summed E-state index contributed by atoms with van der Waals surface area (Å²) in [4.78, 5) is 25.7. The molecule has 2 aliphatic heterocycles. The lowest BCUT2D eigenvalue weighted by atomic mass is 9.98. The summed E-state index contributed by atoms with van der Waals surface area (Å²) in [6.45, 7) is 6.37. The van der Waals surface area contributed by atoms with E-state index in [1.54, 1.807) is 0 Å². The lowest BCUT2D eigenvalue weighted by molar-refractivity contribution is -0.122. The van der Waals surface area contributed by atoms with Crippen LogP contribution >= 0.6 is 0 Å². The Hall–Kier alpha value is -2.08. The van der Waals surface area contributed by atoms with Gasteiger partial charge in [0.25, 0.3) is 0 Å². The lowest BCUT2D eigenvalue weighted by Gasteiger charge is -2.30. The average molecular weight is 330 g/mol. The smallest absolute Gasteiger partial charge is 0.315 e. The van der Waals surface area contributed by atoms with Crippen LogP contribution in [0.2, 0.25) is 0 Å². The summed E-state index contributed by atoms with van der Waals surface area (Å²) in [6.07, 6.45) is 2.51. The quantitative estimate of drug-likeness (QED) is 0.760. The van der Waals surface area contributed by atoms with E-state index < -0.39 is 6.04 Å². The number of benzene rings is 1. The Labute approximate surface area is 143 Å². The number of nitrogens with one attached hydrogen (secondary N) is 3. The van der Waals surface area contributed by atoms with Crippen molar-refractivity contribution in [2.45, 2.75) is 38.9 Å². The maximum absolute atomic E-state index is 12.1. The fraction of sp³-hybridized carbons (Fsp3) is 0.556. The number of rotatable bonds is 5. The first-order valence-electron chi connectivity index (χ1n) is 8.73. The third-order valence-corrected chi connectivity index (χ3v) is 4.93. The number of amides is 3. The summed E-state index contributed by atoms with van der Waals surface area (Å²) in [6, 6.07) is 7.49. The first kappa shape index (κ1) is 16.8. The number of nitrogens with zero attached hydrogens (tertiary/aromatic N) is 1. The molecule has 3 amide bonds. The van der Waals surface area contributed by atoms with Gasteiger partial charge in [0.15, 0.2) is 0 Å². The Morgan fingerprint density at radius 3 is 2.62 bits per heavy atom. The van der Waals surface area contributed by atoms with Crippen molar-refractivity contribution in [2.75, 3.05) is 19.6 Å². The minimum Gasteiger partial charge on any atom is -0.350 e. The Bertz CT molecular complexity index is 596. The third kappa shape index (κ3) is 4.26. The van der Waals surface area contributed by atoms with Gasteiger partial charge in [-0.3, -0.25) is 9.69 Å². The molecule has 0 aliphatic carbocycles. The number of hydrogen-bond acceptors (Lipinski definition) is 3. The Kier molecular flexibility index (Phi) is 5.35. The van der Waals surface area contributed by atoms with Crippen LogP contribution in [0.3, 0.4) is 0 Å². The normalized spacial score (nSPS) is 22.0. The van der Waals surface area contributed by atoms with Gasteiger partial charge in [0.1, 0.15) is 6.04 Å². The third-order valence-electron chi connectivity index (χ3n) is 4.93. The average Bonchev–Trinajstić information content (AvgIpc) is 3.02. The topological polar surface area (TPSA) is 73.5 Å². The van der Waals surface area contributed by atoms with E-state index in [9.17, 15) is 9.59 Å². The molecule has 2 saturated heterocycles. The van der Waals surface area contributed by atoms with Crippen LogP contribution in [0, 0.1) is 5.92 Å². The van der Waals surface area contributed by atoms with Gasteiger partial charge in [-0.2, -0.15) is 0 Å². The van der Waals surface area contributed by atoms with E-state index in [0.717, 1.165) is 31.1 Å². The summed E-state index contributed by atoms with van der Waals surface area (Å²) >= 11 is 0. The number of urea groups is 1. The monoisotopic (exact) mass is 330 g/mol. The molecule has 0 bridgehead atoms. The molecule has 0 saturated carbocycles. The van der Waals surface area contributed by atoms with Gasteiger partial charge in [0, 0.05) is 19.6 Å². The van der Waals surface area contributed by atoms with Crippen LogP contribution in [0.4, 0.5) is 4.79 Å². The molecule has 6 nitrogen and oxygen atoms in total. The molecule has 0 aromatic heterocycles. The van der Waals surface area contributed by atoms with Crippen LogP contribution in [0.25, 0.3) is 0 Å². The molecule has 0 spiro atoms. The summed E-state index contributed by atoms with van der Waals surface area (Å²) in [5, 5.41) is 8.14. The minimum absolute atomic E-state index is 0.144. The van der Waals surface area contributed by atoms with Gasteiger partial charge in [0.05, 0.1) is 0 Å². The lowest BCUT2D eigenvalue weighted by Crippen LogP contribution is -2.42. The molecule has 3 rings (SSSR count). The zero-order valence-corrected chi connectivity index (χ0v) is 14.2. The summed E-state index contributed by atoms with van der Waals surface area (Å²) in [5.41, 5.74) is 2.41. The van der Waals surface area contributed by atoms with Gasteiger partial charge in [-0.15, -0.1) is 0 Å². The maximum Gasteiger partial charge on any atom is 0.315 e. The van der Waals surface area contributed by atoms with E-state index in [-0.39, 0.29) is 11.9 Å². The predicted molar refractivity (Wildman–Crippen MR) is 92.3 cm³/mol. The second kappa shape index (κ2) is 7.66. The van der Waals surface area contributed by atoms with Crippen molar-refractivity contribution in [3.05, 3.63) is 35.4 Å². The van der Waals surface area contributed by atoms with E-state index in [0.29, 0.717) is 13.1 Å². The van der Waals surface area contributed by atoms with Gasteiger partial charge >= 0.3 is 6.03 Å². The van der Waals surface area contributed by atoms with Crippen LogP contribution in [0.1, 0.15) is 30.9 Å². The molecule has 3 N–H and O–H groups in total. The highest BCUT2D eigenvalue weighted by Gasteiger charge is 2.26. The van der Waals surface area contributed by atoms with Gasteiger partial charge in [-0.1, -0.05) is 31.2 Å². The summed E-state index contributed by atoms with van der Waals surface area (Å²) in [5.74, 6) is 0.681. The molecule has 130 valence electrons. The first-order valence-corrected chi connectivity index (χ1v) is 8.73. The van der Waals surface area contributed by atoms with Gasteiger partial charge in [0.2, 0.25) is 5.91 Å². The van der Waals surface area contributed by atoms with E-state index in [1.807, 2.05) is 12.1 Å². The molecular weight excluding hydrogens is 304 g/mol. The molecule has 1 aromatic carbocycles. The number of likely N-dealkylation sites (tertiary alicyclic amines) is 1. The largest absolute Gasteiger partial charge is 0.350 e. The Balaban J connectivity index is 1.55. The predicted octanol–water partition coefficient (Wildman–Crippen LogP) is 1.22. The van der Waals surface area contributed by atoms with Gasteiger partial charge in [-0.05, 0) is 43.0 Å². The molecule has 24 heavy (non-hydrogen) atoms. The van der Waals surface area contributed by atoms with Gasteiger partial charge < -0.3 is 16.0 Å². The maximum atomic E-state index is 12.1. The highest BCUT2D eigenvalue weighted by Crippen LogP contribution is 2.19. The van der Waals surface area contributed by atoms with E-state index in [2.05, 4.69) is 39.9 Å². The number of piperidine rings is 1. The van der Waals surface area contributed by atoms with Crippen LogP contribution in [-0.2, 0) is 17.9 Å². The first-order chi connectivity index (χ1) is 11.6. The van der Waals surface area contributed by atoms with E-state index in [4.69, 9.17) is 0 Å². The van der Waals surface area contributed by atoms with Crippen molar-refractivity contribution >= 4 is 11.9 Å². The van der Waals surface area contributed by atoms with E-state index in [1.165, 1.54) is 18.4 Å². The fourth-order valence-electron chi connectivity index (χ4n) is 3.26. The van der Waals surface area contributed by atoms with Crippen molar-refractivity contribution in [2.24, 2.45) is 5.92 Å². The fourth-order valence-corrected chi connectivity index (χ4v) is 3.26. The van der Waals surface area contributed by atoms with Crippen molar-refractivity contribution in [3.8, 4) is 0 Å². The van der Waals surface area contributed by atoms with Crippen molar-refractivity contribution in [1.29, 1.82) is 0 Å². The van der Waals surface area contributed by atoms with Crippen LogP contribution in [0.5, 0.6) is 0 Å². The molecule has 2 fully saturated rings. The molecule has 1 aromatic rings. The second-order valence-corrected chi connectivity index (χ2v) is 6.85. The number of hydrogen-bond donors (Lipinski definition) is 3. The van der Waals surface area contributed by atoms with Crippen molar-refractivity contribution in [3.63, 3.8) is 0 Å². The summed E-state index contributed by atoms with van der Waals surface area (Å²) < 4.78 is 0. The molecule has 2 aliphatic rings. The highest BCUT2D eigenvalue weighted by atomic mass is 16.2. The molecule has 1 atom stereocenters. The zero-order chi connectivity index (χ0) is 16.9. The number of carbonyl (C=O) groups excluding carboxylic acids is 2.